The Hall–Kier alpha value is -3.15. The molecule has 3 aromatic rings. The van der Waals surface area contributed by atoms with E-state index in [1.165, 1.54) is 0 Å². The molecule has 0 saturated heterocycles. The Kier molecular flexibility index (Phi) is 10.3. The van der Waals surface area contributed by atoms with E-state index in [1.807, 2.05) is 73.6 Å². The molecule has 2 heterocycles. The molecule has 0 fully saturated rings. The molecule has 193 valence electrons. The second-order valence-electron chi connectivity index (χ2n) is 8.87. The first-order valence-electron chi connectivity index (χ1n) is 11.8. The fourth-order valence-electron chi connectivity index (χ4n) is 4.21. The van der Waals surface area contributed by atoms with Gasteiger partial charge in [0, 0.05) is 88.2 Å². The minimum Gasteiger partial charge on any atom is -0.378 e. The van der Waals surface area contributed by atoms with Gasteiger partial charge in [0.2, 0.25) is 0 Å². The van der Waals surface area contributed by atoms with E-state index in [9.17, 15) is 23.5 Å². The van der Waals surface area contributed by atoms with Gasteiger partial charge in [-0.1, -0.05) is 30.3 Å². The smallest absolute Gasteiger partial charge is 0.264 e. The average Bonchev–Trinajstić information content (AvgIpc) is 3.37. The van der Waals surface area contributed by atoms with Crippen LogP contribution < -0.4 is 9.80 Å². The van der Waals surface area contributed by atoms with Crippen LogP contribution in [0.15, 0.2) is 84.1 Å². The Morgan fingerprint density at radius 1 is 1.03 bits per heavy atom. The molecule has 0 saturated carbocycles. The van der Waals surface area contributed by atoms with Crippen LogP contribution >= 0.6 is 11.3 Å². The third-order valence-electron chi connectivity index (χ3n) is 6.08. The average molecular weight is 566 g/mol. The van der Waals surface area contributed by atoms with Crippen LogP contribution in [0, 0.1) is 22.7 Å². The summed E-state index contributed by atoms with van der Waals surface area (Å²) < 4.78 is 31.9. The summed E-state index contributed by atoms with van der Waals surface area (Å²) in [6, 6.07) is 23.8. The number of nitrogens with zero attached hydrogens (tertiary/aromatic N) is 4. The molecular formula is C29H26N4NaO3S2. The molecular weight excluding hydrogens is 539 g/mol. The van der Waals surface area contributed by atoms with Crippen LogP contribution in [-0.2, 0) is 10.1 Å². The Balaban J connectivity index is 0.00000420. The van der Waals surface area contributed by atoms with Gasteiger partial charge in [-0.2, -0.15) is 18.9 Å². The predicted molar refractivity (Wildman–Crippen MR) is 160 cm³/mol. The van der Waals surface area contributed by atoms with E-state index in [0.29, 0.717) is 23.4 Å². The van der Waals surface area contributed by atoms with Crippen molar-refractivity contribution in [1.82, 2.24) is 0 Å². The first-order chi connectivity index (χ1) is 18.2. The molecule has 0 spiro atoms. The van der Waals surface area contributed by atoms with E-state index >= 15 is 0 Å². The third kappa shape index (κ3) is 7.49. The van der Waals surface area contributed by atoms with Gasteiger partial charge in [-0.25, -0.2) is 0 Å². The molecule has 10 heteroatoms. The fourth-order valence-corrected chi connectivity index (χ4v) is 5.62. The number of nitriles is 2. The molecule has 0 aliphatic carbocycles. The van der Waals surface area contributed by atoms with Crippen molar-refractivity contribution in [3.05, 3.63) is 94.5 Å². The zero-order valence-electron chi connectivity index (χ0n) is 22.0. The normalized spacial score (nSPS) is 12.7. The molecule has 1 radical (unpaired) electrons. The number of para-hydroxylation sites is 1. The summed E-state index contributed by atoms with van der Waals surface area (Å²) in [7, 11) is -0.0906. The number of hydrogen-bond donors (Lipinski definition) is 1. The maximum Gasteiger partial charge on any atom is 0.264 e. The number of benzene rings is 2. The summed E-state index contributed by atoms with van der Waals surface area (Å²) >= 11 is 1.64. The van der Waals surface area contributed by atoms with Gasteiger partial charge in [-0.3, -0.25) is 4.55 Å². The first-order valence-corrected chi connectivity index (χ1v) is 14.3. The zero-order valence-corrected chi connectivity index (χ0v) is 25.6. The summed E-state index contributed by atoms with van der Waals surface area (Å²) in [6.07, 6.45) is 5.85. The first kappa shape index (κ1) is 30.4. The van der Waals surface area contributed by atoms with Crippen molar-refractivity contribution >= 4 is 74.0 Å². The van der Waals surface area contributed by atoms with Crippen molar-refractivity contribution in [2.45, 2.75) is 6.42 Å². The number of thiophene rings is 1. The third-order valence-corrected chi connectivity index (χ3v) is 7.98. The van der Waals surface area contributed by atoms with Crippen molar-refractivity contribution < 1.29 is 13.0 Å². The van der Waals surface area contributed by atoms with Gasteiger partial charge in [0.15, 0.2) is 0 Å². The summed E-state index contributed by atoms with van der Waals surface area (Å²) in [5, 5.41) is 19.1. The second-order valence-corrected chi connectivity index (χ2v) is 11.6. The van der Waals surface area contributed by atoms with Crippen LogP contribution in [-0.4, -0.2) is 68.9 Å². The van der Waals surface area contributed by atoms with E-state index in [2.05, 4.69) is 35.2 Å². The van der Waals surface area contributed by atoms with E-state index in [0.717, 1.165) is 26.7 Å². The minimum absolute atomic E-state index is 0. The largest absolute Gasteiger partial charge is 0.378 e. The summed E-state index contributed by atoms with van der Waals surface area (Å²) in [6.45, 7) is 0.322. The molecule has 0 unspecified atom stereocenters. The Bertz CT molecular complexity index is 1610. The van der Waals surface area contributed by atoms with Crippen molar-refractivity contribution in [3.8, 4) is 22.6 Å². The van der Waals surface area contributed by atoms with Crippen molar-refractivity contribution in [2.75, 3.05) is 36.2 Å². The summed E-state index contributed by atoms with van der Waals surface area (Å²) in [5.74, 6) is -0.367. The maximum atomic E-state index is 11.3. The van der Waals surface area contributed by atoms with Crippen LogP contribution in [0.1, 0.15) is 16.9 Å². The molecule has 1 aromatic heterocycles. The second kappa shape index (κ2) is 13.3. The van der Waals surface area contributed by atoms with Crippen LogP contribution in [0.3, 0.4) is 0 Å². The van der Waals surface area contributed by atoms with Crippen molar-refractivity contribution in [1.29, 1.82) is 10.5 Å². The summed E-state index contributed by atoms with van der Waals surface area (Å²) in [4.78, 5) is 6.14. The van der Waals surface area contributed by atoms with Gasteiger partial charge < -0.3 is 9.80 Å². The molecule has 39 heavy (non-hydrogen) atoms. The maximum absolute atomic E-state index is 11.3. The summed E-state index contributed by atoms with van der Waals surface area (Å²) in [5.41, 5.74) is 4.95. The van der Waals surface area contributed by atoms with E-state index < -0.39 is 10.1 Å². The molecule has 7 nitrogen and oxygen atoms in total. The molecule has 1 aliphatic heterocycles. The van der Waals surface area contributed by atoms with Crippen LogP contribution in [0.25, 0.3) is 22.1 Å². The number of fused-ring (bicyclic) bond motifs is 1. The molecule has 0 amide bonds. The van der Waals surface area contributed by atoms with Crippen molar-refractivity contribution in [3.63, 3.8) is 0 Å². The number of rotatable bonds is 8. The number of allylic oxidation sites excluding steroid dienone is 4. The van der Waals surface area contributed by atoms with Gasteiger partial charge in [0.1, 0.15) is 17.7 Å². The van der Waals surface area contributed by atoms with E-state index in [-0.39, 0.29) is 47.3 Å². The SMILES string of the molecule is CN(C)c1ccc(-c2ccc(C=CC3=CC(=C(C#N)C#N)c4ccccc4N3CCCS(=O)(=O)O)s2)cc1.[Na]. The van der Waals surface area contributed by atoms with Crippen LogP contribution in [0.4, 0.5) is 11.4 Å². The minimum atomic E-state index is -4.10. The Morgan fingerprint density at radius 3 is 2.36 bits per heavy atom. The zero-order chi connectivity index (χ0) is 27.3. The van der Waals surface area contributed by atoms with Gasteiger partial charge in [0.05, 0.1) is 5.75 Å². The molecule has 0 atom stereocenters. The molecule has 0 bridgehead atoms. The van der Waals surface area contributed by atoms with E-state index in [1.54, 1.807) is 17.4 Å². The van der Waals surface area contributed by atoms with Gasteiger partial charge in [-0.05, 0) is 60.5 Å². The van der Waals surface area contributed by atoms with Crippen LogP contribution in [0.5, 0.6) is 0 Å². The molecule has 1 aliphatic rings. The number of hydrogen-bond acceptors (Lipinski definition) is 7. The molecule has 1 N–H and O–H groups in total. The molecule has 4 rings (SSSR count). The van der Waals surface area contributed by atoms with E-state index in [4.69, 9.17) is 0 Å². The topological polar surface area (TPSA) is 108 Å². The Morgan fingerprint density at radius 2 is 1.72 bits per heavy atom. The quantitative estimate of drug-likeness (QED) is 0.215. The van der Waals surface area contributed by atoms with Gasteiger partial charge in [0.25, 0.3) is 10.1 Å². The van der Waals surface area contributed by atoms with Crippen molar-refractivity contribution in [2.24, 2.45) is 0 Å². The number of anilines is 2. The molecule has 2 aromatic carbocycles. The van der Waals surface area contributed by atoms with Gasteiger partial charge >= 0.3 is 0 Å². The standard InChI is InChI=1S/C29H26N4O3S2.Na/c1-32(2)23-10-8-21(9-11-23)29-15-14-25(37-29)13-12-24-18-27(22(19-30)20-31)26-6-3-4-7-28(26)33(24)16-5-17-38(34,35)36;/h3-4,6-15,18H,5,16-17H2,1-2H3,(H,34,35,36);. The predicted octanol–water partition coefficient (Wildman–Crippen LogP) is 5.60. The van der Waals surface area contributed by atoms with Crippen LogP contribution in [0.2, 0.25) is 0 Å². The fraction of sp³-hybridized carbons (Fsp3) is 0.172. The Labute approximate surface area is 255 Å². The monoisotopic (exact) mass is 565 g/mol. The van der Waals surface area contributed by atoms with Gasteiger partial charge in [-0.15, -0.1) is 11.3 Å².